The van der Waals surface area contributed by atoms with E-state index >= 15 is 0 Å². The molecule has 2 rings (SSSR count). The first kappa shape index (κ1) is 16.5. The average Bonchev–Trinajstić information content (AvgIpc) is 2.59. The maximum absolute atomic E-state index is 14.8. The summed E-state index contributed by atoms with van der Waals surface area (Å²) in [6.45, 7) is 7.55. The van der Waals surface area contributed by atoms with E-state index in [4.69, 9.17) is 26.6 Å². The van der Waals surface area contributed by atoms with Gasteiger partial charge in [0.2, 0.25) is 0 Å². The normalized spacial score (nSPS) is 21.4. The fourth-order valence-corrected chi connectivity index (χ4v) is 2.31. The van der Waals surface area contributed by atoms with E-state index in [2.05, 4.69) is 0 Å². The van der Waals surface area contributed by atoms with E-state index in [9.17, 15) is 4.39 Å². The minimum absolute atomic E-state index is 0.0379. The standard InChI is InChI=1S/C15H20BClFNO2/c1-14(2)15(3,4)21-16(20-14)13(18)12(9-19)10-6-5-7-11(17)8-10/h5-8H,9,19H2,1-4H3. The lowest BCUT2D eigenvalue weighted by molar-refractivity contribution is 0.00578. The van der Waals surface area contributed by atoms with Crippen molar-refractivity contribution in [2.75, 3.05) is 6.54 Å². The van der Waals surface area contributed by atoms with E-state index in [0.717, 1.165) is 0 Å². The Morgan fingerprint density at radius 1 is 1.24 bits per heavy atom. The van der Waals surface area contributed by atoms with Gasteiger partial charge >= 0.3 is 7.12 Å². The number of halogens is 2. The highest BCUT2D eigenvalue weighted by atomic mass is 35.5. The minimum atomic E-state index is -1.05. The van der Waals surface area contributed by atoms with Gasteiger partial charge in [-0.05, 0) is 45.4 Å². The van der Waals surface area contributed by atoms with E-state index in [0.29, 0.717) is 16.2 Å². The van der Waals surface area contributed by atoms with Crippen LogP contribution in [0, 0.1) is 0 Å². The highest BCUT2D eigenvalue weighted by Gasteiger charge is 2.53. The molecule has 0 unspecified atom stereocenters. The molecule has 0 spiro atoms. The Hall–Kier alpha value is -0.875. The molecule has 0 radical (unpaired) electrons. The van der Waals surface area contributed by atoms with Crippen LogP contribution in [0.1, 0.15) is 33.3 Å². The lowest BCUT2D eigenvalue weighted by Crippen LogP contribution is -2.41. The number of rotatable bonds is 3. The molecule has 1 aliphatic heterocycles. The van der Waals surface area contributed by atoms with Crippen LogP contribution < -0.4 is 5.73 Å². The Kier molecular flexibility index (Phi) is 4.50. The lowest BCUT2D eigenvalue weighted by atomic mass is 9.82. The van der Waals surface area contributed by atoms with Crippen molar-refractivity contribution >= 4 is 24.3 Å². The summed E-state index contributed by atoms with van der Waals surface area (Å²) >= 11 is 5.95. The maximum atomic E-state index is 14.8. The minimum Gasteiger partial charge on any atom is -0.398 e. The first-order chi connectivity index (χ1) is 9.68. The molecule has 0 amide bonds. The van der Waals surface area contributed by atoms with Gasteiger partial charge in [-0.1, -0.05) is 23.7 Å². The zero-order valence-corrected chi connectivity index (χ0v) is 13.5. The summed E-state index contributed by atoms with van der Waals surface area (Å²) in [6, 6.07) is 6.92. The van der Waals surface area contributed by atoms with Gasteiger partial charge in [-0.25, -0.2) is 4.39 Å². The van der Waals surface area contributed by atoms with Crippen LogP contribution in [0.2, 0.25) is 5.02 Å². The van der Waals surface area contributed by atoms with Crippen molar-refractivity contribution < 1.29 is 13.7 Å². The van der Waals surface area contributed by atoms with Gasteiger partial charge < -0.3 is 15.0 Å². The summed E-state index contributed by atoms with van der Waals surface area (Å²) in [5, 5.41) is 0.528. The zero-order chi connectivity index (χ0) is 15.8. The predicted molar refractivity (Wildman–Crippen MR) is 84.6 cm³/mol. The van der Waals surface area contributed by atoms with Crippen LogP contribution in [0.4, 0.5) is 4.39 Å². The Bertz CT molecular complexity index is 559. The van der Waals surface area contributed by atoms with E-state index in [1.807, 2.05) is 27.7 Å². The molecule has 1 aromatic carbocycles. The van der Waals surface area contributed by atoms with Gasteiger partial charge in [-0.2, -0.15) is 0 Å². The maximum Gasteiger partial charge on any atom is 0.525 e. The third kappa shape index (κ3) is 3.16. The number of benzene rings is 1. The molecule has 2 N–H and O–H groups in total. The predicted octanol–water partition coefficient (Wildman–Crippen LogP) is 3.61. The Labute approximate surface area is 130 Å². The van der Waals surface area contributed by atoms with Crippen molar-refractivity contribution in [1.29, 1.82) is 0 Å². The van der Waals surface area contributed by atoms with Gasteiger partial charge in [0.1, 0.15) is 5.73 Å². The molecule has 0 bridgehead atoms. The molecule has 1 aromatic rings. The molecular weight excluding hydrogens is 291 g/mol. The number of nitrogens with two attached hydrogens (primary N) is 1. The summed E-state index contributed by atoms with van der Waals surface area (Å²) in [6.07, 6.45) is 0. The molecular formula is C15H20BClFNO2. The van der Waals surface area contributed by atoms with Gasteiger partial charge in [0, 0.05) is 17.1 Å². The van der Waals surface area contributed by atoms with Crippen LogP contribution in [0.5, 0.6) is 0 Å². The largest absolute Gasteiger partial charge is 0.525 e. The fraction of sp³-hybridized carbons (Fsp3) is 0.467. The monoisotopic (exact) mass is 311 g/mol. The smallest absolute Gasteiger partial charge is 0.398 e. The molecule has 0 saturated carbocycles. The van der Waals surface area contributed by atoms with Crippen molar-refractivity contribution in [1.82, 2.24) is 0 Å². The van der Waals surface area contributed by atoms with Crippen LogP contribution >= 0.6 is 11.6 Å². The Morgan fingerprint density at radius 2 is 1.81 bits per heavy atom. The molecule has 1 fully saturated rings. The van der Waals surface area contributed by atoms with Crippen molar-refractivity contribution in [2.24, 2.45) is 5.73 Å². The summed E-state index contributed by atoms with van der Waals surface area (Å²) < 4.78 is 26.2. The molecule has 3 nitrogen and oxygen atoms in total. The lowest BCUT2D eigenvalue weighted by Gasteiger charge is -2.32. The molecule has 0 aliphatic carbocycles. The van der Waals surface area contributed by atoms with Crippen molar-refractivity contribution in [3.63, 3.8) is 0 Å². The summed E-state index contributed by atoms with van der Waals surface area (Å²) in [7, 11) is -1.05. The van der Waals surface area contributed by atoms with E-state index in [1.54, 1.807) is 24.3 Å². The van der Waals surface area contributed by atoms with Crippen LogP contribution in [0.15, 0.2) is 30.0 Å². The molecule has 114 valence electrons. The van der Waals surface area contributed by atoms with Crippen LogP contribution in [0.3, 0.4) is 0 Å². The number of hydrogen-bond donors (Lipinski definition) is 1. The summed E-state index contributed by atoms with van der Waals surface area (Å²) in [5.41, 5.74) is 5.00. The third-order valence-corrected chi connectivity index (χ3v) is 4.36. The zero-order valence-electron chi connectivity index (χ0n) is 12.7. The van der Waals surface area contributed by atoms with E-state index in [-0.39, 0.29) is 6.54 Å². The van der Waals surface area contributed by atoms with Crippen LogP contribution in [-0.2, 0) is 9.31 Å². The first-order valence-corrected chi connectivity index (χ1v) is 7.26. The molecule has 1 heterocycles. The van der Waals surface area contributed by atoms with E-state index in [1.165, 1.54) is 0 Å². The topological polar surface area (TPSA) is 44.5 Å². The van der Waals surface area contributed by atoms with Gasteiger partial charge in [-0.15, -0.1) is 0 Å². The third-order valence-electron chi connectivity index (χ3n) is 4.13. The molecule has 0 aromatic heterocycles. The second kappa shape index (κ2) is 5.73. The summed E-state index contributed by atoms with van der Waals surface area (Å²) in [4.78, 5) is 0. The van der Waals surface area contributed by atoms with Crippen LogP contribution in [0.25, 0.3) is 5.57 Å². The van der Waals surface area contributed by atoms with Crippen molar-refractivity contribution in [3.05, 3.63) is 40.6 Å². The highest BCUT2D eigenvalue weighted by molar-refractivity contribution is 6.55. The van der Waals surface area contributed by atoms with E-state index < -0.39 is 24.0 Å². The average molecular weight is 312 g/mol. The molecule has 21 heavy (non-hydrogen) atoms. The highest BCUT2D eigenvalue weighted by Crippen LogP contribution is 2.40. The van der Waals surface area contributed by atoms with Crippen molar-refractivity contribution in [3.8, 4) is 0 Å². The molecule has 1 saturated heterocycles. The number of hydrogen-bond acceptors (Lipinski definition) is 3. The molecule has 1 aliphatic rings. The van der Waals surface area contributed by atoms with Crippen LogP contribution in [-0.4, -0.2) is 24.9 Å². The second-order valence-electron chi connectivity index (χ2n) is 6.13. The van der Waals surface area contributed by atoms with Crippen molar-refractivity contribution in [2.45, 2.75) is 38.9 Å². The molecule has 0 atom stereocenters. The van der Waals surface area contributed by atoms with Gasteiger partial charge in [0.25, 0.3) is 0 Å². The Morgan fingerprint density at radius 3 is 2.29 bits per heavy atom. The van der Waals surface area contributed by atoms with Gasteiger partial charge in [0.05, 0.1) is 11.2 Å². The quantitative estimate of drug-likeness (QED) is 0.867. The van der Waals surface area contributed by atoms with Gasteiger partial charge in [-0.3, -0.25) is 0 Å². The van der Waals surface area contributed by atoms with Gasteiger partial charge in [0.15, 0.2) is 0 Å². The SMILES string of the molecule is CC1(C)OB(C(F)=C(CN)c2cccc(Cl)c2)OC1(C)C. The Balaban J connectivity index is 2.38. The second-order valence-corrected chi connectivity index (χ2v) is 6.57. The molecule has 6 heteroatoms. The fourth-order valence-electron chi connectivity index (χ4n) is 2.12. The summed E-state index contributed by atoms with van der Waals surface area (Å²) in [5.74, 6) is 0. The first-order valence-electron chi connectivity index (χ1n) is 6.88.